The minimum atomic E-state index is 0.310. The summed E-state index contributed by atoms with van der Waals surface area (Å²) in [4.78, 5) is 0. The van der Waals surface area contributed by atoms with E-state index in [1.807, 2.05) is 12.3 Å². The average Bonchev–Trinajstić information content (AvgIpc) is 2.45. The second-order valence-electron chi connectivity index (χ2n) is 2.56. The molecule has 1 heterocycles. The highest BCUT2D eigenvalue weighted by molar-refractivity contribution is 8.00. The molecule has 0 aliphatic rings. The van der Waals surface area contributed by atoms with Crippen LogP contribution in [0.4, 0.5) is 0 Å². The minimum absolute atomic E-state index is 0.310. The van der Waals surface area contributed by atoms with Gasteiger partial charge in [0.25, 0.3) is 0 Å². The van der Waals surface area contributed by atoms with E-state index in [2.05, 4.69) is 0 Å². The van der Waals surface area contributed by atoms with Gasteiger partial charge in [-0.05, 0) is 12.3 Å². The molecule has 13 heavy (non-hydrogen) atoms. The van der Waals surface area contributed by atoms with Crippen LogP contribution in [0.2, 0.25) is 5.02 Å². The molecule has 0 aliphatic heterocycles. The average molecular weight is 231 g/mol. The first kappa shape index (κ1) is 9.19. The molecule has 1 aromatic carbocycles. The number of hydrogen-bond acceptors (Lipinski definition) is 3. The zero-order valence-electron chi connectivity index (χ0n) is 6.87. The summed E-state index contributed by atoms with van der Waals surface area (Å²) in [6, 6.07) is 5.41. The van der Waals surface area contributed by atoms with Gasteiger partial charge in [-0.25, -0.2) is 0 Å². The molecule has 0 spiro atoms. The third-order valence-corrected chi connectivity index (χ3v) is 4.75. The van der Waals surface area contributed by atoms with Gasteiger partial charge >= 0.3 is 0 Å². The van der Waals surface area contributed by atoms with Crippen molar-refractivity contribution >= 4 is 44.8 Å². The van der Waals surface area contributed by atoms with Crippen molar-refractivity contribution < 1.29 is 5.11 Å². The van der Waals surface area contributed by atoms with Gasteiger partial charge in [0.05, 0.1) is 13.9 Å². The molecule has 2 aromatic rings. The summed E-state index contributed by atoms with van der Waals surface area (Å²) < 4.78 is 1.93. The maximum Gasteiger partial charge on any atom is 0.133 e. The summed E-state index contributed by atoms with van der Waals surface area (Å²) in [5, 5.41) is 11.2. The van der Waals surface area contributed by atoms with Gasteiger partial charge in [-0.15, -0.1) is 23.1 Å². The van der Waals surface area contributed by atoms with Gasteiger partial charge in [-0.2, -0.15) is 0 Å². The molecule has 0 radical (unpaired) electrons. The van der Waals surface area contributed by atoms with E-state index in [0.717, 1.165) is 19.3 Å². The minimum Gasteiger partial charge on any atom is -0.506 e. The van der Waals surface area contributed by atoms with Crippen molar-refractivity contribution in [2.45, 2.75) is 4.21 Å². The monoisotopic (exact) mass is 230 g/mol. The van der Waals surface area contributed by atoms with Gasteiger partial charge in [-0.3, -0.25) is 0 Å². The molecule has 0 aliphatic carbocycles. The number of fused-ring (bicyclic) bond motifs is 1. The van der Waals surface area contributed by atoms with Crippen molar-refractivity contribution in [3.05, 3.63) is 23.2 Å². The molecule has 2 rings (SSSR count). The van der Waals surface area contributed by atoms with E-state index < -0.39 is 0 Å². The Labute approximate surface area is 89.3 Å². The quantitative estimate of drug-likeness (QED) is 0.748. The fourth-order valence-electron chi connectivity index (χ4n) is 1.18. The second-order valence-corrected chi connectivity index (χ2v) is 5.03. The molecule has 1 N–H and O–H groups in total. The molecular formula is C9H7ClOS2. The van der Waals surface area contributed by atoms with Crippen LogP contribution in [0.5, 0.6) is 5.75 Å². The molecular weight excluding hydrogens is 224 g/mol. The summed E-state index contributed by atoms with van der Waals surface area (Å²) >= 11 is 9.24. The van der Waals surface area contributed by atoms with E-state index in [4.69, 9.17) is 11.6 Å². The number of phenols is 1. The van der Waals surface area contributed by atoms with E-state index in [1.54, 1.807) is 23.9 Å². The maximum absolute atomic E-state index is 9.55. The van der Waals surface area contributed by atoms with E-state index >= 15 is 0 Å². The highest BCUT2D eigenvalue weighted by Gasteiger charge is 2.11. The summed E-state index contributed by atoms with van der Waals surface area (Å²) in [7, 11) is 0. The summed E-state index contributed by atoms with van der Waals surface area (Å²) in [5.41, 5.74) is 0. The first-order valence-electron chi connectivity index (χ1n) is 3.68. The predicted molar refractivity (Wildman–Crippen MR) is 60.3 cm³/mol. The van der Waals surface area contributed by atoms with Crippen LogP contribution in [0, 0.1) is 0 Å². The molecule has 0 bridgehead atoms. The van der Waals surface area contributed by atoms with Crippen LogP contribution in [-0.2, 0) is 0 Å². The zero-order valence-corrected chi connectivity index (χ0v) is 9.26. The number of aromatic hydroxyl groups is 1. The molecule has 1 aromatic heterocycles. The number of thiophene rings is 1. The Hall–Kier alpha value is -0.380. The smallest absolute Gasteiger partial charge is 0.133 e. The SMILES string of the molecule is CSc1sc2c(O)cccc2c1Cl. The second kappa shape index (κ2) is 3.40. The Morgan fingerprint density at radius 2 is 2.23 bits per heavy atom. The van der Waals surface area contributed by atoms with Gasteiger partial charge < -0.3 is 5.11 Å². The van der Waals surface area contributed by atoms with E-state index in [0.29, 0.717) is 5.75 Å². The van der Waals surface area contributed by atoms with Gasteiger partial charge in [0.15, 0.2) is 0 Å². The first-order chi connectivity index (χ1) is 6.24. The number of hydrogen-bond donors (Lipinski definition) is 1. The molecule has 68 valence electrons. The zero-order chi connectivity index (χ0) is 9.42. The van der Waals surface area contributed by atoms with E-state index in [9.17, 15) is 5.11 Å². The number of benzene rings is 1. The van der Waals surface area contributed by atoms with Gasteiger partial charge in [0.2, 0.25) is 0 Å². The van der Waals surface area contributed by atoms with Crippen LogP contribution in [0.15, 0.2) is 22.4 Å². The third-order valence-electron chi connectivity index (χ3n) is 1.79. The van der Waals surface area contributed by atoms with Gasteiger partial charge in [0, 0.05) is 5.39 Å². The highest BCUT2D eigenvalue weighted by atomic mass is 35.5. The van der Waals surface area contributed by atoms with Crippen LogP contribution in [0.25, 0.3) is 10.1 Å². The molecule has 0 amide bonds. The van der Waals surface area contributed by atoms with Crippen LogP contribution in [0.3, 0.4) is 0 Å². The lowest BCUT2D eigenvalue weighted by molar-refractivity contribution is 0.482. The number of phenolic OH excluding ortho intramolecular Hbond substituents is 1. The van der Waals surface area contributed by atoms with Crippen molar-refractivity contribution in [2.24, 2.45) is 0 Å². The Morgan fingerprint density at radius 3 is 2.85 bits per heavy atom. The number of rotatable bonds is 1. The maximum atomic E-state index is 9.55. The lowest BCUT2D eigenvalue weighted by atomic mass is 10.2. The van der Waals surface area contributed by atoms with Crippen LogP contribution in [0.1, 0.15) is 0 Å². The molecule has 0 saturated heterocycles. The molecule has 1 nitrogen and oxygen atoms in total. The van der Waals surface area contributed by atoms with Crippen molar-refractivity contribution in [3.8, 4) is 5.75 Å². The summed E-state index contributed by atoms with van der Waals surface area (Å²) in [6.07, 6.45) is 1.98. The molecule has 4 heteroatoms. The number of thioether (sulfide) groups is 1. The number of halogens is 1. The van der Waals surface area contributed by atoms with E-state index in [-0.39, 0.29) is 0 Å². The Morgan fingerprint density at radius 1 is 1.46 bits per heavy atom. The molecule has 0 saturated carbocycles. The Kier molecular flexibility index (Phi) is 2.41. The topological polar surface area (TPSA) is 20.2 Å². The van der Waals surface area contributed by atoms with Crippen molar-refractivity contribution in [1.29, 1.82) is 0 Å². The molecule has 0 atom stereocenters. The van der Waals surface area contributed by atoms with Gasteiger partial charge in [0.1, 0.15) is 5.75 Å². The van der Waals surface area contributed by atoms with Crippen LogP contribution in [-0.4, -0.2) is 11.4 Å². The largest absolute Gasteiger partial charge is 0.506 e. The highest BCUT2D eigenvalue weighted by Crippen LogP contribution is 2.43. The van der Waals surface area contributed by atoms with Crippen LogP contribution < -0.4 is 0 Å². The van der Waals surface area contributed by atoms with Crippen LogP contribution >= 0.6 is 34.7 Å². The Bertz CT molecular complexity index is 450. The summed E-state index contributed by atoms with van der Waals surface area (Å²) in [5.74, 6) is 0.310. The lowest BCUT2D eigenvalue weighted by Crippen LogP contribution is -1.65. The van der Waals surface area contributed by atoms with E-state index in [1.165, 1.54) is 11.3 Å². The van der Waals surface area contributed by atoms with Crippen molar-refractivity contribution in [3.63, 3.8) is 0 Å². The standard InChI is InChI=1S/C9H7ClOS2/c1-12-9-7(10)5-3-2-4-6(11)8(5)13-9/h2-4,11H,1H3. The van der Waals surface area contributed by atoms with Crippen molar-refractivity contribution in [2.75, 3.05) is 6.26 Å². The molecule has 0 unspecified atom stereocenters. The predicted octanol–water partition coefficient (Wildman–Crippen LogP) is 3.98. The normalized spacial score (nSPS) is 10.9. The van der Waals surface area contributed by atoms with Crippen molar-refractivity contribution in [1.82, 2.24) is 0 Å². The summed E-state index contributed by atoms with van der Waals surface area (Å²) in [6.45, 7) is 0. The Balaban J connectivity index is 2.83. The fraction of sp³-hybridized carbons (Fsp3) is 0.111. The lowest BCUT2D eigenvalue weighted by Gasteiger charge is -1.92. The third kappa shape index (κ3) is 1.41. The first-order valence-corrected chi connectivity index (χ1v) is 6.10. The molecule has 0 fully saturated rings. The fourth-order valence-corrected chi connectivity index (χ4v) is 3.45. The van der Waals surface area contributed by atoms with Gasteiger partial charge in [-0.1, -0.05) is 23.7 Å².